The molecule has 2 heterocycles. The SMILES string of the molecule is N#Cc1ccc(C(=O)N2C[C@@H]3C[C@@](O)(c4cc(Cl)cc5[nH]ncc45)C[C@@H]3C2)cc1. The van der Waals surface area contributed by atoms with E-state index in [-0.39, 0.29) is 17.7 Å². The van der Waals surface area contributed by atoms with Crippen molar-refractivity contribution in [3.05, 3.63) is 64.3 Å². The van der Waals surface area contributed by atoms with Gasteiger partial charge in [0.2, 0.25) is 0 Å². The average molecular weight is 407 g/mol. The molecular formula is C22H19ClN4O2. The fraction of sp³-hybridized carbons (Fsp3) is 0.318. The quantitative estimate of drug-likeness (QED) is 0.681. The van der Waals surface area contributed by atoms with Gasteiger partial charge in [-0.15, -0.1) is 0 Å². The highest BCUT2D eigenvalue weighted by molar-refractivity contribution is 6.31. The number of nitrogens with zero attached hydrogens (tertiary/aromatic N) is 3. The summed E-state index contributed by atoms with van der Waals surface area (Å²) >= 11 is 6.26. The number of aromatic nitrogens is 2. The molecule has 0 radical (unpaired) electrons. The summed E-state index contributed by atoms with van der Waals surface area (Å²) in [7, 11) is 0. The van der Waals surface area contributed by atoms with Crippen LogP contribution in [0.4, 0.5) is 0 Å². The van der Waals surface area contributed by atoms with Gasteiger partial charge < -0.3 is 10.0 Å². The van der Waals surface area contributed by atoms with Gasteiger partial charge in [0.15, 0.2) is 0 Å². The van der Waals surface area contributed by atoms with Crippen molar-refractivity contribution in [2.75, 3.05) is 13.1 Å². The number of aliphatic hydroxyl groups is 1. The van der Waals surface area contributed by atoms with Gasteiger partial charge in [-0.05, 0) is 66.6 Å². The molecule has 1 saturated carbocycles. The summed E-state index contributed by atoms with van der Waals surface area (Å²) in [4.78, 5) is 14.7. The van der Waals surface area contributed by atoms with Crippen molar-refractivity contribution in [1.82, 2.24) is 15.1 Å². The number of benzene rings is 2. The Morgan fingerprint density at radius 2 is 1.93 bits per heavy atom. The van der Waals surface area contributed by atoms with Crippen LogP contribution in [0.3, 0.4) is 0 Å². The first-order valence-corrected chi connectivity index (χ1v) is 9.99. The van der Waals surface area contributed by atoms with Gasteiger partial charge in [-0.3, -0.25) is 9.89 Å². The summed E-state index contributed by atoms with van der Waals surface area (Å²) in [5.41, 5.74) is 1.79. The number of halogens is 1. The molecule has 2 aromatic carbocycles. The van der Waals surface area contributed by atoms with E-state index >= 15 is 0 Å². The predicted octanol–water partition coefficient (Wildman–Crippen LogP) is 3.46. The van der Waals surface area contributed by atoms with Crippen molar-refractivity contribution in [1.29, 1.82) is 5.26 Å². The largest absolute Gasteiger partial charge is 0.385 e. The minimum atomic E-state index is -0.966. The fourth-order valence-corrected chi connectivity index (χ4v) is 5.23. The highest BCUT2D eigenvalue weighted by Gasteiger charge is 2.50. The second-order valence-corrected chi connectivity index (χ2v) is 8.58. The molecule has 3 aromatic rings. The first-order valence-electron chi connectivity index (χ1n) is 9.62. The molecule has 1 aromatic heterocycles. The zero-order chi connectivity index (χ0) is 20.2. The first kappa shape index (κ1) is 18.2. The van der Waals surface area contributed by atoms with E-state index in [1.54, 1.807) is 30.5 Å². The zero-order valence-corrected chi connectivity index (χ0v) is 16.4. The average Bonchev–Trinajstić information content (AvgIpc) is 3.40. The number of H-pyrrole nitrogens is 1. The number of carbonyl (C=O) groups is 1. The zero-order valence-electron chi connectivity index (χ0n) is 15.6. The van der Waals surface area contributed by atoms with E-state index in [1.807, 2.05) is 17.0 Å². The molecule has 146 valence electrons. The van der Waals surface area contributed by atoms with Crippen LogP contribution in [0.5, 0.6) is 0 Å². The number of carbonyl (C=O) groups excluding carboxylic acids is 1. The van der Waals surface area contributed by atoms with Gasteiger partial charge in [-0.2, -0.15) is 10.4 Å². The maximum absolute atomic E-state index is 12.8. The van der Waals surface area contributed by atoms with Crippen LogP contribution in [0.25, 0.3) is 10.9 Å². The molecule has 1 amide bonds. The molecule has 0 bridgehead atoms. The lowest BCUT2D eigenvalue weighted by molar-refractivity contribution is 0.0318. The number of aromatic amines is 1. The second kappa shape index (κ2) is 6.58. The van der Waals surface area contributed by atoms with E-state index in [0.29, 0.717) is 42.1 Å². The molecule has 5 rings (SSSR count). The van der Waals surface area contributed by atoms with Crippen LogP contribution < -0.4 is 0 Å². The van der Waals surface area contributed by atoms with Crippen LogP contribution >= 0.6 is 11.6 Å². The van der Waals surface area contributed by atoms with Gasteiger partial charge in [0.25, 0.3) is 5.91 Å². The number of rotatable bonds is 2. The number of fused-ring (bicyclic) bond motifs is 2. The molecule has 29 heavy (non-hydrogen) atoms. The van der Waals surface area contributed by atoms with Gasteiger partial charge in [0, 0.05) is 29.1 Å². The Balaban J connectivity index is 1.35. The van der Waals surface area contributed by atoms with Crippen molar-refractivity contribution in [2.24, 2.45) is 11.8 Å². The van der Waals surface area contributed by atoms with Crippen LogP contribution in [0.1, 0.15) is 34.3 Å². The highest BCUT2D eigenvalue weighted by atomic mass is 35.5. The highest BCUT2D eigenvalue weighted by Crippen LogP contribution is 2.50. The molecule has 7 heteroatoms. The maximum atomic E-state index is 12.8. The molecule has 6 nitrogen and oxygen atoms in total. The van der Waals surface area contributed by atoms with E-state index < -0.39 is 5.60 Å². The van der Waals surface area contributed by atoms with E-state index in [9.17, 15) is 9.90 Å². The summed E-state index contributed by atoms with van der Waals surface area (Å²) in [5.74, 6) is 0.457. The summed E-state index contributed by atoms with van der Waals surface area (Å²) in [6.07, 6.45) is 2.92. The third kappa shape index (κ3) is 2.98. The molecule has 1 aliphatic carbocycles. The van der Waals surface area contributed by atoms with E-state index in [0.717, 1.165) is 16.5 Å². The van der Waals surface area contributed by atoms with Gasteiger partial charge in [-0.25, -0.2) is 0 Å². The summed E-state index contributed by atoms with van der Waals surface area (Å²) in [6, 6.07) is 12.4. The number of nitrogens with one attached hydrogen (secondary N) is 1. The number of likely N-dealkylation sites (tertiary alicyclic amines) is 1. The van der Waals surface area contributed by atoms with Crippen LogP contribution in [-0.4, -0.2) is 39.2 Å². The maximum Gasteiger partial charge on any atom is 0.253 e. The van der Waals surface area contributed by atoms with Gasteiger partial charge in [-0.1, -0.05) is 11.6 Å². The fourth-order valence-electron chi connectivity index (χ4n) is 5.01. The Bertz CT molecular complexity index is 1130. The molecule has 2 fully saturated rings. The van der Waals surface area contributed by atoms with Gasteiger partial charge in [0.05, 0.1) is 28.9 Å². The molecule has 0 spiro atoms. The van der Waals surface area contributed by atoms with E-state index in [4.69, 9.17) is 16.9 Å². The van der Waals surface area contributed by atoms with Crippen molar-refractivity contribution < 1.29 is 9.90 Å². The topological polar surface area (TPSA) is 93.0 Å². The van der Waals surface area contributed by atoms with Crippen molar-refractivity contribution in [2.45, 2.75) is 18.4 Å². The lowest BCUT2D eigenvalue weighted by Gasteiger charge is -2.27. The number of amides is 1. The Morgan fingerprint density at radius 3 is 2.59 bits per heavy atom. The minimum Gasteiger partial charge on any atom is -0.385 e. The lowest BCUT2D eigenvalue weighted by Crippen LogP contribution is -2.32. The third-order valence-electron chi connectivity index (χ3n) is 6.35. The summed E-state index contributed by atoms with van der Waals surface area (Å²) in [6.45, 7) is 1.25. The predicted molar refractivity (Wildman–Crippen MR) is 108 cm³/mol. The minimum absolute atomic E-state index is 0.0209. The first-order chi connectivity index (χ1) is 14.0. The number of hydrogen-bond donors (Lipinski definition) is 2. The lowest BCUT2D eigenvalue weighted by atomic mass is 9.88. The smallest absolute Gasteiger partial charge is 0.253 e. The summed E-state index contributed by atoms with van der Waals surface area (Å²) < 4.78 is 0. The number of hydrogen-bond acceptors (Lipinski definition) is 4. The Labute approximate surface area is 172 Å². The molecule has 2 aliphatic rings. The van der Waals surface area contributed by atoms with Gasteiger partial charge >= 0.3 is 0 Å². The van der Waals surface area contributed by atoms with E-state index in [1.165, 1.54) is 0 Å². The molecule has 3 atom stereocenters. The molecule has 1 saturated heterocycles. The van der Waals surface area contributed by atoms with Crippen LogP contribution in [-0.2, 0) is 5.60 Å². The van der Waals surface area contributed by atoms with E-state index in [2.05, 4.69) is 16.3 Å². The molecule has 0 unspecified atom stereocenters. The second-order valence-electron chi connectivity index (χ2n) is 8.14. The van der Waals surface area contributed by atoms with Gasteiger partial charge in [0.1, 0.15) is 0 Å². The third-order valence-corrected chi connectivity index (χ3v) is 6.57. The normalized spacial score (nSPS) is 25.9. The molecule has 2 N–H and O–H groups in total. The standard InChI is InChI=1S/C22H19ClN4O2/c23-17-5-19(18-10-25-26-20(18)6-17)22(29)7-15-11-27(12-16(15)8-22)21(28)14-3-1-13(9-24)2-4-14/h1-6,10,15-16,29H,7-8,11-12H2,(H,25,26)/t15-,16+,22-. The Hall–Kier alpha value is -2.88. The molecular weight excluding hydrogens is 388 g/mol. The van der Waals surface area contributed by atoms with Crippen LogP contribution in [0.2, 0.25) is 5.02 Å². The molecule has 1 aliphatic heterocycles. The van der Waals surface area contributed by atoms with Crippen molar-refractivity contribution >= 4 is 28.4 Å². The Morgan fingerprint density at radius 1 is 1.24 bits per heavy atom. The van der Waals surface area contributed by atoms with Crippen molar-refractivity contribution in [3.8, 4) is 6.07 Å². The van der Waals surface area contributed by atoms with Crippen LogP contribution in [0.15, 0.2) is 42.6 Å². The monoisotopic (exact) mass is 406 g/mol. The number of nitriles is 1. The van der Waals surface area contributed by atoms with Crippen molar-refractivity contribution in [3.63, 3.8) is 0 Å². The van der Waals surface area contributed by atoms with Crippen LogP contribution in [0, 0.1) is 23.2 Å². The Kier molecular flexibility index (Phi) is 4.12. The summed E-state index contributed by atoms with van der Waals surface area (Å²) in [5, 5.41) is 28.9.